The first-order valence-electron chi connectivity index (χ1n) is 12.8. The van der Waals surface area contributed by atoms with Gasteiger partial charge in [-0.1, -0.05) is 0 Å². The number of ether oxygens (including phenoxy) is 3. The van der Waals surface area contributed by atoms with Crippen LogP contribution in [0.15, 0.2) is 29.5 Å². The normalized spacial score (nSPS) is 20.4. The van der Waals surface area contributed by atoms with E-state index in [1.165, 1.54) is 0 Å². The number of benzene rings is 1. The van der Waals surface area contributed by atoms with E-state index < -0.39 is 12.0 Å². The van der Waals surface area contributed by atoms with Crippen molar-refractivity contribution in [3.63, 3.8) is 0 Å². The molecule has 3 rings (SSSR count). The lowest BCUT2D eigenvalue weighted by atomic mass is 9.93. The van der Waals surface area contributed by atoms with Gasteiger partial charge in [0.15, 0.2) is 0 Å². The van der Waals surface area contributed by atoms with Crippen molar-refractivity contribution in [1.82, 2.24) is 25.3 Å². The number of nitrogens with one attached hydrogen (secondary N) is 2. The zero-order valence-electron chi connectivity index (χ0n) is 22.6. The minimum absolute atomic E-state index is 0.0336. The molecule has 0 saturated carbocycles. The minimum Gasteiger partial charge on any atom is -0.497 e. The van der Waals surface area contributed by atoms with Crippen LogP contribution in [0, 0.1) is 0 Å². The Balaban J connectivity index is 2.04. The summed E-state index contributed by atoms with van der Waals surface area (Å²) in [5.74, 6) is 0.587. The molecule has 2 heterocycles. The van der Waals surface area contributed by atoms with Crippen LogP contribution in [0.4, 0.5) is 9.59 Å². The zero-order valence-corrected chi connectivity index (χ0v) is 22.6. The molecule has 1 saturated heterocycles. The van der Waals surface area contributed by atoms with E-state index in [0.29, 0.717) is 67.6 Å². The van der Waals surface area contributed by atoms with Gasteiger partial charge in [-0.3, -0.25) is 9.80 Å². The summed E-state index contributed by atoms with van der Waals surface area (Å²) in [4.78, 5) is 44.7. The second-order valence-electron chi connectivity index (χ2n) is 8.93. The molecule has 0 aromatic heterocycles. The quantitative estimate of drug-likeness (QED) is 0.484. The van der Waals surface area contributed by atoms with Crippen LogP contribution in [0.1, 0.15) is 39.3 Å². The van der Waals surface area contributed by atoms with Gasteiger partial charge < -0.3 is 29.7 Å². The van der Waals surface area contributed by atoms with Crippen LogP contribution in [0.3, 0.4) is 0 Å². The van der Waals surface area contributed by atoms with Crippen LogP contribution >= 0.6 is 0 Å². The Bertz CT molecular complexity index is 1030. The fraction of sp³-hybridized carbons (Fsp3) is 0.577. The number of methoxy groups -OCH3 is 2. The smallest absolute Gasteiger partial charge is 0.338 e. The first kappa shape index (κ1) is 28.1. The molecule has 2 aliphatic rings. The molecule has 1 aromatic carbocycles. The van der Waals surface area contributed by atoms with Crippen molar-refractivity contribution in [2.75, 3.05) is 60.1 Å². The van der Waals surface area contributed by atoms with Crippen LogP contribution < -0.4 is 20.1 Å². The van der Waals surface area contributed by atoms with Crippen LogP contribution in [0.25, 0.3) is 0 Å². The van der Waals surface area contributed by atoms with E-state index in [1.807, 2.05) is 25.7 Å². The number of carbonyl (C=O) groups excluding carboxylic acids is 3. The first-order chi connectivity index (χ1) is 17.8. The van der Waals surface area contributed by atoms with Crippen LogP contribution in [0.2, 0.25) is 0 Å². The maximum atomic E-state index is 13.4. The molecule has 0 bridgehead atoms. The fourth-order valence-corrected chi connectivity index (χ4v) is 4.90. The van der Waals surface area contributed by atoms with Gasteiger partial charge in [-0.25, -0.2) is 14.4 Å². The summed E-state index contributed by atoms with van der Waals surface area (Å²) in [6.45, 7) is 10.7. The molecule has 2 aliphatic heterocycles. The summed E-state index contributed by atoms with van der Waals surface area (Å²) in [5, 5.41) is 5.83. The van der Waals surface area contributed by atoms with E-state index in [1.54, 1.807) is 44.2 Å². The molecule has 11 nitrogen and oxygen atoms in total. The Morgan fingerprint density at radius 3 is 2.49 bits per heavy atom. The van der Waals surface area contributed by atoms with Gasteiger partial charge in [0.1, 0.15) is 11.5 Å². The molecule has 0 aliphatic carbocycles. The number of carbonyl (C=O) groups is 3. The van der Waals surface area contributed by atoms with Crippen molar-refractivity contribution in [3.8, 4) is 11.5 Å². The minimum atomic E-state index is -0.788. The van der Waals surface area contributed by atoms with Gasteiger partial charge in [0.05, 0.1) is 32.4 Å². The summed E-state index contributed by atoms with van der Waals surface area (Å²) in [7, 11) is 3.09. The van der Waals surface area contributed by atoms with E-state index in [9.17, 15) is 14.4 Å². The van der Waals surface area contributed by atoms with E-state index in [0.717, 1.165) is 0 Å². The lowest BCUT2D eigenvalue weighted by molar-refractivity contribution is -0.139. The number of hydrogen-bond donors (Lipinski definition) is 2. The van der Waals surface area contributed by atoms with Gasteiger partial charge in [-0.2, -0.15) is 0 Å². The number of nitrogens with zero attached hydrogens (tertiary/aromatic N) is 3. The highest BCUT2D eigenvalue weighted by atomic mass is 16.5. The molecule has 11 heteroatoms. The van der Waals surface area contributed by atoms with E-state index in [4.69, 9.17) is 14.2 Å². The largest absolute Gasteiger partial charge is 0.497 e. The lowest BCUT2D eigenvalue weighted by Gasteiger charge is -2.42. The highest BCUT2D eigenvalue weighted by Gasteiger charge is 2.40. The zero-order chi connectivity index (χ0) is 27.1. The number of piperazine rings is 1. The van der Waals surface area contributed by atoms with Crippen molar-refractivity contribution < 1.29 is 28.6 Å². The highest BCUT2D eigenvalue weighted by molar-refractivity contribution is 5.95. The monoisotopic (exact) mass is 517 g/mol. The number of likely N-dealkylation sites (N-methyl/N-ethyl adjacent to an activating group) is 1. The molecule has 0 radical (unpaired) electrons. The molecule has 1 aromatic rings. The van der Waals surface area contributed by atoms with Crippen molar-refractivity contribution >= 4 is 18.0 Å². The first-order valence-corrected chi connectivity index (χ1v) is 12.8. The molecular formula is C26H39N5O6. The second kappa shape index (κ2) is 12.7. The number of rotatable bonds is 9. The third kappa shape index (κ3) is 6.10. The topological polar surface area (TPSA) is 113 Å². The standard InChI is InChI=1S/C26H39N5O6/c1-7-27-25(33)31-13-12-29(15-17(31)4)16-20-22(24(32)37-9-3)23(28-26(34)30(20)8-2)19-14-18(35-5)10-11-21(19)36-6/h10-11,14,17,23H,7-9,12-13,15-16H2,1-6H3,(H,27,33)(H,28,34). The molecule has 2 unspecified atom stereocenters. The predicted octanol–water partition coefficient (Wildman–Crippen LogP) is 2.34. The number of amides is 4. The van der Waals surface area contributed by atoms with Gasteiger partial charge in [-0.05, 0) is 45.9 Å². The van der Waals surface area contributed by atoms with Gasteiger partial charge in [0.25, 0.3) is 0 Å². The summed E-state index contributed by atoms with van der Waals surface area (Å²) < 4.78 is 16.5. The van der Waals surface area contributed by atoms with Crippen molar-refractivity contribution in [3.05, 3.63) is 35.0 Å². The second-order valence-corrected chi connectivity index (χ2v) is 8.93. The average Bonchev–Trinajstić information content (AvgIpc) is 2.88. The van der Waals surface area contributed by atoms with Crippen LogP contribution in [-0.2, 0) is 9.53 Å². The van der Waals surface area contributed by atoms with Gasteiger partial charge >= 0.3 is 18.0 Å². The molecule has 4 amide bonds. The Hall–Kier alpha value is -3.47. The molecule has 0 spiro atoms. The van der Waals surface area contributed by atoms with E-state index in [2.05, 4.69) is 15.5 Å². The van der Waals surface area contributed by atoms with Crippen LogP contribution in [-0.4, -0.2) is 98.9 Å². The molecule has 37 heavy (non-hydrogen) atoms. The third-order valence-electron chi connectivity index (χ3n) is 6.67. The number of hydrogen-bond acceptors (Lipinski definition) is 7. The van der Waals surface area contributed by atoms with Gasteiger partial charge in [0, 0.05) is 56.6 Å². The lowest BCUT2D eigenvalue weighted by Crippen LogP contribution is -2.58. The summed E-state index contributed by atoms with van der Waals surface area (Å²) in [5.41, 5.74) is 1.54. The maximum absolute atomic E-state index is 13.4. The summed E-state index contributed by atoms with van der Waals surface area (Å²) >= 11 is 0. The third-order valence-corrected chi connectivity index (χ3v) is 6.67. The van der Waals surface area contributed by atoms with Crippen LogP contribution in [0.5, 0.6) is 11.5 Å². The molecule has 204 valence electrons. The SMILES string of the molecule is CCNC(=O)N1CCN(CC2=C(C(=O)OCC)C(c3cc(OC)ccc3OC)NC(=O)N2CC)CC1C. The molecule has 2 N–H and O–H groups in total. The average molecular weight is 518 g/mol. The number of urea groups is 2. The molecular weight excluding hydrogens is 478 g/mol. The highest BCUT2D eigenvalue weighted by Crippen LogP contribution is 2.38. The Labute approximate surface area is 218 Å². The van der Waals surface area contributed by atoms with Gasteiger partial charge in [0.2, 0.25) is 0 Å². The molecule has 2 atom stereocenters. The van der Waals surface area contributed by atoms with Crippen molar-refractivity contribution in [2.24, 2.45) is 0 Å². The number of esters is 1. The van der Waals surface area contributed by atoms with E-state index >= 15 is 0 Å². The predicted molar refractivity (Wildman–Crippen MR) is 139 cm³/mol. The fourth-order valence-electron chi connectivity index (χ4n) is 4.90. The summed E-state index contributed by atoms with van der Waals surface area (Å²) in [6, 6.07) is 4.05. The van der Waals surface area contributed by atoms with Gasteiger partial charge in [-0.15, -0.1) is 0 Å². The van der Waals surface area contributed by atoms with Crippen molar-refractivity contribution in [2.45, 2.75) is 39.8 Å². The molecule has 1 fully saturated rings. The Morgan fingerprint density at radius 2 is 1.89 bits per heavy atom. The Morgan fingerprint density at radius 1 is 1.14 bits per heavy atom. The Kier molecular flexibility index (Phi) is 9.62. The van der Waals surface area contributed by atoms with E-state index in [-0.39, 0.29) is 24.7 Å². The maximum Gasteiger partial charge on any atom is 0.338 e. The van der Waals surface area contributed by atoms with Crippen molar-refractivity contribution in [1.29, 1.82) is 0 Å². The summed E-state index contributed by atoms with van der Waals surface area (Å²) in [6.07, 6.45) is 0.